The van der Waals surface area contributed by atoms with Gasteiger partial charge in [0.25, 0.3) is 0 Å². The minimum Gasteiger partial charge on any atom is -0.495 e. The van der Waals surface area contributed by atoms with Crippen molar-refractivity contribution in [2.75, 3.05) is 13.7 Å². The van der Waals surface area contributed by atoms with Crippen molar-refractivity contribution < 1.29 is 26.0 Å². The van der Waals surface area contributed by atoms with Crippen molar-refractivity contribution in [3.63, 3.8) is 0 Å². The van der Waals surface area contributed by atoms with Gasteiger partial charge in [0.1, 0.15) is 21.7 Å². The SMILES string of the molecule is COc1ccc(C)cc1S(=O)(=O)NC[C@H](c1cccs1)S(=O)(=O)c1ccc(F)cc1. The first-order valence-electron chi connectivity index (χ1n) is 8.82. The number of methoxy groups -OCH3 is 1. The Labute approximate surface area is 179 Å². The van der Waals surface area contributed by atoms with Crippen molar-refractivity contribution in [2.45, 2.75) is 22.0 Å². The van der Waals surface area contributed by atoms with Gasteiger partial charge in [-0.15, -0.1) is 11.3 Å². The first-order valence-corrected chi connectivity index (χ1v) is 12.7. The lowest BCUT2D eigenvalue weighted by molar-refractivity contribution is 0.402. The van der Waals surface area contributed by atoms with Gasteiger partial charge in [-0.05, 0) is 60.3 Å². The average Bonchev–Trinajstić information content (AvgIpc) is 3.22. The maximum atomic E-state index is 13.2. The van der Waals surface area contributed by atoms with E-state index in [1.807, 2.05) is 0 Å². The molecule has 0 spiro atoms. The number of hydrogen-bond donors (Lipinski definition) is 1. The van der Waals surface area contributed by atoms with Gasteiger partial charge in [-0.2, -0.15) is 0 Å². The van der Waals surface area contributed by atoms with Crippen LogP contribution in [0.2, 0.25) is 0 Å². The van der Waals surface area contributed by atoms with Gasteiger partial charge in [-0.25, -0.2) is 25.9 Å². The number of hydrogen-bond acceptors (Lipinski definition) is 6. The Kier molecular flexibility index (Phi) is 6.61. The second-order valence-corrected chi connectivity index (χ2v) is 11.4. The minimum atomic E-state index is -4.06. The molecule has 0 aliphatic carbocycles. The fourth-order valence-electron chi connectivity index (χ4n) is 2.88. The van der Waals surface area contributed by atoms with Crippen LogP contribution in [0.3, 0.4) is 0 Å². The summed E-state index contributed by atoms with van der Waals surface area (Å²) >= 11 is 1.20. The van der Waals surface area contributed by atoms with Crippen molar-refractivity contribution >= 4 is 31.2 Å². The zero-order valence-corrected chi connectivity index (χ0v) is 18.7. The van der Waals surface area contributed by atoms with Gasteiger partial charge >= 0.3 is 0 Å². The summed E-state index contributed by atoms with van der Waals surface area (Å²) in [5, 5.41) is 0.536. The monoisotopic (exact) mass is 469 g/mol. The maximum Gasteiger partial charge on any atom is 0.244 e. The average molecular weight is 470 g/mol. The summed E-state index contributed by atoms with van der Waals surface area (Å²) in [4.78, 5) is 0.307. The highest BCUT2D eigenvalue weighted by Gasteiger charge is 2.32. The molecular weight excluding hydrogens is 449 g/mol. The van der Waals surface area contributed by atoms with E-state index in [-0.39, 0.29) is 22.1 Å². The lowest BCUT2D eigenvalue weighted by Crippen LogP contribution is -2.32. The highest BCUT2D eigenvalue weighted by atomic mass is 32.2. The van der Waals surface area contributed by atoms with Gasteiger partial charge in [0, 0.05) is 11.4 Å². The molecule has 0 saturated carbocycles. The van der Waals surface area contributed by atoms with Gasteiger partial charge < -0.3 is 4.74 Å². The molecule has 160 valence electrons. The number of benzene rings is 2. The molecule has 0 aliphatic rings. The Morgan fingerprint density at radius 2 is 1.77 bits per heavy atom. The fourth-order valence-corrected chi connectivity index (χ4v) is 7.07. The van der Waals surface area contributed by atoms with Crippen molar-refractivity contribution in [3.05, 3.63) is 76.2 Å². The molecule has 1 atom stereocenters. The third-order valence-electron chi connectivity index (χ3n) is 4.44. The lowest BCUT2D eigenvalue weighted by Gasteiger charge is -2.18. The van der Waals surface area contributed by atoms with E-state index in [9.17, 15) is 21.2 Å². The third kappa shape index (κ3) is 4.72. The molecule has 10 heteroatoms. The van der Waals surface area contributed by atoms with Gasteiger partial charge in [0.2, 0.25) is 10.0 Å². The van der Waals surface area contributed by atoms with Crippen LogP contribution in [0.4, 0.5) is 4.39 Å². The topological polar surface area (TPSA) is 89.5 Å². The summed E-state index contributed by atoms with van der Waals surface area (Å²) in [6.07, 6.45) is 0. The predicted molar refractivity (Wildman–Crippen MR) is 114 cm³/mol. The number of thiophene rings is 1. The van der Waals surface area contributed by atoms with E-state index >= 15 is 0 Å². The highest BCUT2D eigenvalue weighted by Crippen LogP contribution is 2.32. The van der Waals surface area contributed by atoms with Crippen LogP contribution in [0.25, 0.3) is 0 Å². The molecule has 6 nitrogen and oxygen atoms in total. The summed E-state index contributed by atoms with van der Waals surface area (Å²) in [6, 6.07) is 12.5. The van der Waals surface area contributed by atoms with Gasteiger partial charge in [0.05, 0.1) is 12.0 Å². The third-order valence-corrected chi connectivity index (χ3v) is 9.12. The van der Waals surface area contributed by atoms with Crippen molar-refractivity contribution in [1.82, 2.24) is 4.72 Å². The van der Waals surface area contributed by atoms with Crippen LogP contribution in [-0.4, -0.2) is 30.5 Å². The zero-order valence-electron chi connectivity index (χ0n) is 16.2. The number of ether oxygens (including phenoxy) is 1. The highest BCUT2D eigenvalue weighted by molar-refractivity contribution is 7.92. The Balaban J connectivity index is 1.96. The molecule has 0 fully saturated rings. The second-order valence-electron chi connectivity index (χ2n) is 6.51. The minimum absolute atomic E-state index is 0.0749. The molecule has 0 unspecified atom stereocenters. The first-order chi connectivity index (χ1) is 14.1. The van der Waals surface area contributed by atoms with E-state index in [1.54, 1.807) is 30.5 Å². The van der Waals surface area contributed by atoms with Crippen LogP contribution in [0.1, 0.15) is 15.7 Å². The van der Waals surface area contributed by atoms with Crippen LogP contribution in [0.5, 0.6) is 5.75 Å². The van der Waals surface area contributed by atoms with E-state index < -0.39 is 30.9 Å². The van der Waals surface area contributed by atoms with Crippen LogP contribution < -0.4 is 9.46 Å². The number of halogens is 1. The summed E-state index contributed by atoms with van der Waals surface area (Å²) in [7, 11) is -6.68. The number of aryl methyl sites for hydroxylation is 1. The van der Waals surface area contributed by atoms with Crippen LogP contribution in [-0.2, 0) is 19.9 Å². The van der Waals surface area contributed by atoms with Gasteiger partial charge in [-0.1, -0.05) is 12.1 Å². The molecule has 0 radical (unpaired) electrons. The molecule has 1 heterocycles. The normalized spacial score (nSPS) is 13.2. The first kappa shape index (κ1) is 22.4. The Bertz CT molecular complexity index is 1220. The molecule has 30 heavy (non-hydrogen) atoms. The molecular formula is C20H20FNO5S3. The maximum absolute atomic E-state index is 13.2. The van der Waals surface area contributed by atoms with Crippen LogP contribution in [0, 0.1) is 12.7 Å². The molecule has 2 aromatic carbocycles. The predicted octanol–water partition coefficient (Wildman–Crippen LogP) is 3.70. The lowest BCUT2D eigenvalue weighted by atomic mass is 10.2. The number of rotatable bonds is 8. The van der Waals surface area contributed by atoms with Crippen molar-refractivity contribution in [1.29, 1.82) is 0 Å². The molecule has 0 amide bonds. The van der Waals surface area contributed by atoms with Crippen molar-refractivity contribution in [3.8, 4) is 5.75 Å². The Hall–Kier alpha value is -2.27. The standard InChI is InChI=1S/C20H20FNO5S3/c1-14-5-10-17(27-2)19(12-14)30(25,26)22-13-20(18-4-3-11-28-18)29(23,24)16-8-6-15(21)7-9-16/h3-12,20,22H,13H2,1-2H3/t20-/m1/s1. The smallest absolute Gasteiger partial charge is 0.244 e. The molecule has 1 aromatic heterocycles. The second kappa shape index (κ2) is 8.84. The van der Waals surface area contributed by atoms with E-state index in [4.69, 9.17) is 4.74 Å². The molecule has 0 bridgehead atoms. The van der Waals surface area contributed by atoms with E-state index in [2.05, 4.69) is 4.72 Å². The van der Waals surface area contributed by atoms with Gasteiger partial charge in [0.15, 0.2) is 9.84 Å². The molecule has 3 rings (SSSR count). The summed E-state index contributed by atoms with van der Waals surface area (Å²) < 4.78 is 73.0. The Morgan fingerprint density at radius 1 is 1.07 bits per heavy atom. The molecule has 0 saturated heterocycles. The summed E-state index contributed by atoms with van der Waals surface area (Å²) in [6.45, 7) is 1.35. The van der Waals surface area contributed by atoms with Crippen molar-refractivity contribution in [2.24, 2.45) is 0 Å². The largest absolute Gasteiger partial charge is 0.495 e. The zero-order chi connectivity index (χ0) is 21.9. The fraction of sp³-hybridized carbons (Fsp3) is 0.200. The van der Waals surface area contributed by atoms with E-state index in [0.717, 1.165) is 12.1 Å². The van der Waals surface area contributed by atoms with Gasteiger partial charge in [-0.3, -0.25) is 0 Å². The molecule has 3 aromatic rings. The number of sulfonamides is 1. The van der Waals surface area contributed by atoms with E-state index in [0.29, 0.717) is 10.4 Å². The van der Waals surface area contributed by atoms with Crippen LogP contribution >= 0.6 is 11.3 Å². The number of nitrogens with one attached hydrogen (secondary N) is 1. The quantitative estimate of drug-likeness (QED) is 0.508. The van der Waals surface area contributed by atoms with E-state index in [1.165, 1.54) is 42.7 Å². The number of sulfone groups is 1. The molecule has 0 aliphatic heterocycles. The summed E-state index contributed by atoms with van der Waals surface area (Å²) in [5.74, 6) is -0.406. The molecule has 1 N–H and O–H groups in total. The summed E-state index contributed by atoms with van der Waals surface area (Å²) in [5.41, 5.74) is 0.713. The Morgan fingerprint density at radius 3 is 2.37 bits per heavy atom. The van der Waals surface area contributed by atoms with Crippen LogP contribution in [0.15, 0.2) is 69.8 Å².